The van der Waals surface area contributed by atoms with Crippen molar-refractivity contribution in [3.63, 3.8) is 0 Å². The van der Waals surface area contributed by atoms with Gasteiger partial charge in [0.2, 0.25) is 5.91 Å². The van der Waals surface area contributed by atoms with Crippen LogP contribution in [0.25, 0.3) is 0 Å². The van der Waals surface area contributed by atoms with E-state index in [9.17, 15) is 4.79 Å². The van der Waals surface area contributed by atoms with E-state index >= 15 is 0 Å². The summed E-state index contributed by atoms with van der Waals surface area (Å²) in [5.74, 6) is 2.20. The van der Waals surface area contributed by atoms with Gasteiger partial charge in [0.15, 0.2) is 5.96 Å². The minimum absolute atomic E-state index is 0. The van der Waals surface area contributed by atoms with Gasteiger partial charge < -0.3 is 25.0 Å². The van der Waals surface area contributed by atoms with Gasteiger partial charge in [0.25, 0.3) is 0 Å². The zero-order valence-electron chi connectivity index (χ0n) is 18.0. The molecule has 2 aromatic carbocycles. The molecule has 7 nitrogen and oxygen atoms in total. The average molecular weight is 526 g/mol. The molecule has 2 aromatic rings. The van der Waals surface area contributed by atoms with Crippen LogP contribution in [0.2, 0.25) is 0 Å². The van der Waals surface area contributed by atoms with E-state index in [0.717, 1.165) is 22.6 Å². The number of benzene rings is 2. The normalized spacial score (nSPS) is 10.6. The molecule has 164 valence electrons. The van der Waals surface area contributed by atoms with E-state index in [2.05, 4.69) is 15.6 Å². The van der Waals surface area contributed by atoms with Crippen LogP contribution in [0.15, 0.2) is 53.5 Å². The van der Waals surface area contributed by atoms with E-state index in [0.29, 0.717) is 25.7 Å². The molecule has 0 saturated carbocycles. The molecule has 0 bridgehead atoms. The molecule has 2 N–H and O–H groups in total. The van der Waals surface area contributed by atoms with Gasteiger partial charge >= 0.3 is 0 Å². The van der Waals surface area contributed by atoms with E-state index < -0.39 is 0 Å². The smallest absolute Gasteiger partial charge is 0.239 e. The van der Waals surface area contributed by atoms with E-state index in [-0.39, 0.29) is 36.4 Å². The van der Waals surface area contributed by atoms with Gasteiger partial charge in [-0.25, -0.2) is 0 Å². The van der Waals surface area contributed by atoms with Gasteiger partial charge in [-0.05, 0) is 42.3 Å². The SMILES string of the molecule is CCOc1ccc(CN(C)C(=NC)NCC(=O)NCc2ccc(OC)cc2)cc1.I. The van der Waals surface area contributed by atoms with Crippen LogP contribution >= 0.6 is 24.0 Å². The number of ether oxygens (including phenoxy) is 2. The molecular formula is C22H31IN4O3. The Balaban J connectivity index is 0.00000450. The fraction of sp³-hybridized carbons (Fsp3) is 0.364. The molecule has 0 aliphatic rings. The fourth-order valence-corrected chi connectivity index (χ4v) is 2.76. The van der Waals surface area contributed by atoms with Crippen molar-refractivity contribution in [1.82, 2.24) is 15.5 Å². The highest BCUT2D eigenvalue weighted by atomic mass is 127. The third-order valence-electron chi connectivity index (χ3n) is 4.28. The number of carbonyl (C=O) groups is 1. The Kier molecular flexibility index (Phi) is 11.7. The minimum atomic E-state index is -0.101. The van der Waals surface area contributed by atoms with Crippen LogP contribution in [0.4, 0.5) is 0 Å². The van der Waals surface area contributed by atoms with Crippen LogP contribution in [0, 0.1) is 0 Å². The maximum Gasteiger partial charge on any atom is 0.239 e. The number of nitrogens with one attached hydrogen (secondary N) is 2. The van der Waals surface area contributed by atoms with Crippen LogP contribution in [0.1, 0.15) is 18.1 Å². The Morgan fingerprint density at radius 3 is 2.17 bits per heavy atom. The Morgan fingerprint density at radius 1 is 1.00 bits per heavy atom. The molecule has 0 fully saturated rings. The second-order valence-electron chi connectivity index (χ2n) is 6.46. The summed E-state index contributed by atoms with van der Waals surface area (Å²) in [4.78, 5) is 18.4. The molecule has 0 atom stereocenters. The molecule has 2 rings (SSSR count). The van der Waals surface area contributed by atoms with Crippen molar-refractivity contribution in [3.05, 3.63) is 59.7 Å². The number of aliphatic imine (C=N–C) groups is 1. The lowest BCUT2D eigenvalue weighted by Crippen LogP contribution is -2.43. The largest absolute Gasteiger partial charge is 0.497 e. The standard InChI is InChI=1S/C22H30N4O3.HI/c1-5-29-20-12-8-18(9-13-20)16-26(3)22(23-2)25-15-21(27)24-14-17-6-10-19(28-4)11-7-17;/h6-13H,5,14-16H2,1-4H3,(H,23,25)(H,24,27);1H. The summed E-state index contributed by atoms with van der Waals surface area (Å²) >= 11 is 0. The second kappa shape index (κ2) is 13.7. The summed E-state index contributed by atoms with van der Waals surface area (Å²) in [6.45, 7) is 3.89. The summed E-state index contributed by atoms with van der Waals surface area (Å²) in [6, 6.07) is 15.6. The number of hydrogen-bond acceptors (Lipinski definition) is 4. The number of hydrogen-bond donors (Lipinski definition) is 2. The number of guanidine groups is 1. The van der Waals surface area contributed by atoms with Gasteiger partial charge in [0, 0.05) is 27.2 Å². The zero-order chi connectivity index (χ0) is 21.1. The zero-order valence-corrected chi connectivity index (χ0v) is 20.3. The second-order valence-corrected chi connectivity index (χ2v) is 6.46. The fourth-order valence-electron chi connectivity index (χ4n) is 2.76. The van der Waals surface area contributed by atoms with E-state index in [1.165, 1.54) is 0 Å². The molecule has 8 heteroatoms. The number of carbonyl (C=O) groups excluding carboxylic acids is 1. The van der Waals surface area contributed by atoms with Crippen LogP contribution in [-0.2, 0) is 17.9 Å². The van der Waals surface area contributed by atoms with E-state index in [1.54, 1.807) is 14.2 Å². The first-order valence-corrected chi connectivity index (χ1v) is 9.58. The van der Waals surface area contributed by atoms with E-state index in [1.807, 2.05) is 67.4 Å². The molecule has 30 heavy (non-hydrogen) atoms. The van der Waals surface area contributed by atoms with Crippen LogP contribution < -0.4 is 20.1 Å². The number of rotatable bonds is 9. The van der Waals surface area contributed by atoms with Crippen molar-refractivity contribution in [2.24, 2.45) is 4.99 Å². The summed E-state index contributed by atoms with van der Waals surface area (Å²) in [6.07, 6.45) is 0. The van der Waals surface area contributed by atoms with E-state index in [4.69, 9.17) is 9.47 Å². The maximum absolute atomic E-state index is 12.2. The molecule has 1 amide bonds. The van der Waals surface area contributed by atoms with Gasteiger partial charge in [-0.3, -0.25) is 9.79 Å². The summed E-state index contributed by atoms with van der Waals surface area (Å²) in [5.41, 5.74) is 2.14. The molecule has 0 unspecified atom stereocenters. The highest BCUT2D eigenvalue weighted by molar-refractivity contribution is 14.0. The molecule has 0 aromatic heterocycles. The summed E-state index contributed by atoms with van der Waals surface area (Å²) in [5, 5.41) is 5.99. The van der Waals surface area contributed by atoms with Gasteiger partial charge in [0.05, 0.1) is 20.3 Å². The Bertz CT molecular complexity index is 795. The molecule has 0 aliphatic heterocycles. The summed E-state index contributed by atoms with van der Waals surface area (Å²) in [7, 11) is 5.26. The number of halogens is 1. The monoisotopic (exact) mass is 526 g/mol. The lowest BCUT2D eigenvalue weighted by molar-refractivity contribution is -0.120. The highest BCUT2D eigenvalue weighted by Crippen LogP contribution is 2.13. The first kappa shape index (κ1) is 25.5. The van der Waals surface area contributed by atoms with Crippen molar-refractivity contribution in [2.75, 3.05) is 34.4 Å². The molecule has 0 aliphatic carbocycles. The predicted molar refractivity (Wildman–Crippen MR) is 131 cm³/mol. The van der Waals surface area contributed by atoms with Gasteiger partial charge in [-0.1, -0.05) is 24.3 Å². The Hall–Kier alpha value is -2.49. The lowest BCUT2D eigenvalue weighted by Gasteiger charge is -2.22. The minimum Gasteiger partial charge on any atom is -0.497 e. The van der Waals surface area contributed by atoms with Gasteiger partial charge in [-0.2, -0.15) is 0 Å². The van der Waals surface area contributed by atoms with Crippen LogP contribution in [0.3, 0.4) is 0 Å². The van der Waals surface area contributed by atoms with Crippen molar-refractivity contribution in [3.8, 4) is 11.5 Å². The maximum atomic E-state index is 12.2. The molecule has 0 saturated heterocycles. The third kappa shape index (κ3) is 8.48. The average Bonchev–Trinajstić information content (AvgIpc) is 2.74. The number of methoxy groups -OCH3 is 1. The third-order valence-corrected chi connectivity index (χ3v) is 4.28. The van der Waals surface area contributed by atoms with Crippen LogP contribution in [-0.4, -0.2) is 51.1 Å². The topological polar surface area (TPSA) is 75.2 Å². The summed E-state index contributed by atoms with van der Waals surface area (Å²) < 4.78 is 10.6. The Labute approximate surface area is 195 Å². The first-order chi connectivity index (χ1) is 14.0. The van der Waals surface area contributed by atoms with Gasteiger partial charge in [0.1, 0.15) is 11.5 Å². The first-order valence-electron chi connectivity index (χ1n) is 9.58. The Morgan fingerprint density at radius 2 is 1.60 bits per heavy atom. The predicted octanol–water partition coefficient (Wildman–Crippen LogP) is 3.04. The van der Waals surface area contributed by atoms with Crippen molar-refractivity contribution in [1.29, 1.82) is 0 Å². The van der Waals surface area contributed by atoms with Crippen molar-refractivity contribution < 1.29 is 14.3 Å². The molecular weight excluding hydrogens is 495 g/mol. The molecule has 0 heterocycles. The van der Waals surface area contributed by atoms with Crippen molar-refractivity contribution in [2.45, 2.75) is 20.0 Å². The van der Waals surface area contributed by atoms with Crippen LogP contribution in [0.5, 0.6) is 11.5 Å². The quantitative estimate of drug-likeness (QED) is 0.299. The number of nitrogens with zero attached hydrogens (tertiary/aromatic N) is 2. The number of amides is 1. The molecule has 0 radical (unpaired) electrons. The van der Waals surface area contributed by atoms with Gasteiger partial charge in [-0.15, -0.1) is 24.0 Å². The molecule has 0 spiro atoms. The van der Waals surface area contributed by atoms with Crippen molar-refractivity contribution >= 4 is 35.8 Å². The highest BCUT2D eigenvalue weighted by Gasteiger charge is 2.09. The lowest BCUT2D eigenvalue weighted by atomic mass is 10.2.